The van der Waals surface area contributed by atoms with Gasteiger partial charge in [-0.1, -0.05) is 13.8 Å². The molecule has 3 atom stereocenters. The highest BCUT2D eigenvalue weighted by Crippen LogP contribution is 2.54. The van der Waals surface area contributed by atoms with E-state index in [9.17, 15) is 5.11 Å². The number of rotatable bonds is 2. The zero-order valence-electron chi connectivity index (χ0n) is 12.1. The highest BCUT2D eigenvalue weighted by molar-refractivity contribution is 4.99. The molecule has 0 bridgehead atoms. The molecule has 3 unspecified atom stereocenters. The van der Waals surface area contributed by atoms with Crippen LogP contribution in [-0.2, 0) is 0 Å². The fourth-order valence-electron chi connectivity index (χ4n) is 4.35. The summed E-state index contributed by atoms with van der Waals surface area (Å²) in [5.41, 5.74) is 0.775. The van der Waals surface area contributed by atoms with Crippen LogP contribution in [0.3, 0.4) is 0 Å². The summed E-state index contributed by atoms with van der Waals surface area (Å²) in [6.07, 6.45) is 9.05. The summed E-state index contributed by atoms with van der Waals surface area (Å²) in [4.78, 5) is 2.72. The molecular formula is C16H29NO. The standard InChI is InChI=1S/C16H29NO/c1-12(2)14-4-3-13(18)11-15(14)17-9-7-16(5-6-16)8-10-17/h12-15,18H,3-11H2,1-2H3. The molecule has 1 saturated heterocycles. The number of aliphatic hydroxyl groups is 1. The lowest BCUT2D eigenvalue weighted by Gasteiger charge is -2.46. The van der Waals surface area contributed by atoms with Crippen LogP contribution in [0.4, 0.5) is 0 Å². The van der Waals surface area contributed by atoms with Gasteiger partial charge in [0, 0.05) is 6.04 Å². The predicted molar refractivity (Wildman–Crippen MR) is 74.4 cm³/mol. The summed E-state index contributed by atoms with van der Waals surface area (Å²) in [6.45, 7) is 7.31. The van der Waals surface area contributed by atoms with Crippen molar-refractivity contribution in [3.05, 3.63) is 0 Å². The Morgan fingerprint density at radius 1 is 1.06 bits per heavy atom. The Morgan fingerprint density at radius 3 is 2.28 bits per heavy atom. The van der Waals surface area contributed by atoms with E-state index in [-0.39, 0.29) is 6.10 Å². The first-order valence-corrected chi connectivity index (χ1v) is 8.02. The van der Waals surface area contributed by atoms with Gasteiger partial charge in [0.1, 0.15) is 0 Å². The molecule has 0 aromatic rings. The van der Waals surface area contributed by atoms with E-state index in [2.05, 4.69) is 18.7 Å². The lowest BCUT2D eigenvalue weighted by molar-refractivity contribution is -0.00420. The predicted octanol–water partition coefficient (Wildman–Crippen LogP) is 3.05. The minimum Gasteiger partial charge on any atom is -0.393 e. The molecule has 3 rings (SSSR count). The fourth-order valence-corrected chi connectivity index (χ4v) is 4.35. The lowest BCUT2D eigenvalue weighted by atomic mass is 9.75. The molecule has 0 aromatic carbocycles. The first-order valence-electron chi connectivity index (χ1n) is 8.02. The average molecular weight is 251 g/mol. The maximum Gasteiger partial charge on any atom is 0.0555 e. The van der Waals surface area contributed by atoms with Crippen LogP contribution < -0.4 is 0 Å². The molecule has 1 N–H and O–H groups in total. The molecule has 18 heavy (non-hydrogen) atoms. The normalized spacial score (nSPS) is 40.3. The third-order valence-corrected chi connectivity index (χ3v) is 5.98. The molecule has 2 nitrogen and oxygen atoms in total. The van der Waals surface area contributed by atoms with Gasteiger partial charge in [-0.3, -0.25) is 4.90 Å². The van der Waals surface area contributed by atoms with Gasteiger partial charge in [-0.05, 0) is 75.3 Å². The first-order chi connectivity index (χ1) is 8.60. The summed E-state index contributed by atoms with van der Waals surface area (Å²) >= 11 is 0. The molecule has 0 amide bonds. The van der Waals surface area contributed by atoms with Crippen LogP contribution in [-0.4, -0.2) is 35.2 Å². The van der Waals surface area contributed by atoms with Crippen molar-refractivity contribution in [2.75, 3.05) is 13.1 Å². The molecule has 2 saturated carbocycles. The van der Waals surface area contributed by atoms with Crippen LogP contribution in [0, 0.1) is 17.3 Å². The van der Waals surface area contributed by atoms with E-state index in [1.54, 1.807) is 0 Å². The molecule has 1 spiro atoms. The van der Waals surface area contributed by atoms with Crippen molar-refractivity contribution >= 4 is 0 Å². The molecule has 2 aliphatic carbocycles. The number of aliphatic hydroxyl groups excluding tert-OH is 1. The maximum absolute atomic E-state index is 10.00. The molecule has 0 radical (unpaired) electrons. The summed E-state index contributed by atoms with van der Waals surface area (Å²) < 4.78 is 0. The van der Waals surface area contributed by atoms with Gasteiger partial charge in [-0.2, -0.15) is 0 Å². The summed E-state index contributed by atoms with van der Waals surface area (Å²) in [6, 6.07) is 0.657. The van der Waals surface area contributed by atoms with E-state index in [1.165, 1.54) is 45.2 Å². The Bertz CT molecular complexity index is 287. The molecule has 3 fully saturated rings. The number of piperidine rings is 1. The van der Waals surface area contributed by atoms with Crippen LogP contribution in [0.5, 0.6) is 0 Å². The smallest absolute Gasteiger partial charge is 0.0555 e. The Balaban J connectivity index is 1.64. The van der Waals surface area contributed by atoms with Crippen molar-refractivity contribution < 1.29 is 5.11 Å². The van der Waals surface area contributed by atoms with Gasteiger partial charge in [0.15, 0.2) is 0 Å². The molecule has 1 heterocycles. The third-order valence-electron chi connectivity index (χ3n) is 5.98. The maximum atomic E-state index is 10.00. The molecule has 2 heteroatoms. The highest BCUT2D eigenvalue weighted by Gasteiger charge is 2.46. The van der Waals surface area contributed by atoms with Crippen molar-refractivity contribution in [2.45, 2.75) is 70.9 Å². The second-order valence-electron chi connectivity index (χ2n) is 7.48. The van der Waals surface area contributed by atoms with E-state index in [0.717, 1.165) is 30.1 Å². The summed E-state index contributed by atoms with van der Waals surface area (Å²) in [5, 5.41) is 10.00. The van der Waals surface area contributed by atoms with E-state index < -0.39 is 0 Å². The molecule has 1 aliphatic heterocycles. The third kappa shape index (κ3) is 2.46. The van der Waals surface area contributed by atoms with Crippen LogP contribution >= 0.6 is 0 Å². The van der Waals surface area contributed by atoms with E-state index >= 15 is 0 Å². The van der Waals surface area contributed by atoms with Gasteiger partial charge in [0.05, 0.1) is 6.10 Å². The average Bonchev–Trinajstić information content (AvgIpc) is 3.09. The van der Waals surface area contributed by atoms with E-state index in [0.29, 0.717) is 6.04 Å². The lowest BCUT2D eigenvalue weighted by Crippen LogP contribution is -2.50. The topological polar surface area (TPSA) is 23.5 Å². The van der Waals surface area contributed by atoms with Crippen LogP contribution in [0.1, 0.15) is 58.8 Å². The minimum absolute atomic E-state index is 0.0400. The Hall–Kier alpha value is -0.0800. The van der Waals surface area contributed by atoms with Crippen LogP contribution in [0.25, 0.3) is 0 Å². The summed E-state index contributed by atoms with van der Waals surface area (Å²) in [7, 11) is 0. The van der Waals surface area contributed by atoms with Crippen LogP contribution in [0.2, 0.25) is 0 Å². The number of nitrogens with zero attached hydrogens (tertiary/aromatic N) is 1. The first kappa shape index (κ1) is 12.9. The Labute approximate surface area is 112 Å². The molecule has 3 aliphatic rings. The Morgan fingerprint density at radius 2 is 1.72 bits per heavy atom. The van der Waals surface area contributed by atoms with Gasteiger partial charge < -0.3 is 5.11 Å². The second-order valence-corrected chi connectivity index (χ2v) is 7.48. The van der Waals surface area contributed by atoms with E-state index in [1.807, 2.05) is 0 Å². The zero-order chi connectivity index (χ0) is 12.8. The molecular weight excluding hydrogens is 222 g/mol. The quantitative estimate of drug-likeness (QED) is 0.815. The Kier molecular flexibility index (Phi) is 3.44. The van der Waals surface area contributed by atoms with Crippen LogP contribution in [0.15, 0.2) is 0 Å². The van der Waals surface area contributed by atoms with Gasteiger partial charge in [0.25, 0.3) is 0 Å². The van der Waals surface area contributed by atoms with Crippen molar-refractivity contribution in [3.63, 3.8) is 0 Å². The summed E-state index contributed by atoms with van der Waals surface area (Å²) in [5.74, 6) is 1.57. The van der Waals surface area contributed by atoms with Crippen molar-refractivity contribution in [3.8, 4) is 0 Å². The zero-order valence-corrected chi connectivity index (χ0v) is 12.1. The molecule has 0 aromatic heterocycles. The largest absolute Gasteiger partial charge is 0.393 e. The van der Waals surface area contributed by atoms with Crippen molar-refractivity contribution in [1.29, 1.82) is 0 Å². The number of hydrogen-bond acceptors (Lipinski definition) is 2. The minimum atomic E-state index is -0.0400. The fraction of sp³-hybridized carbons (Fsp3) is 1.00. The second kappa shape index (κ2) is 4.79. The van der Waals surface area contributed by atoms with Crippen molar-refractivity contribution in [2.24, 2.45) is 17.3 Å². The van der Waals surface area contributed by atoms with Gasteiger partial charge in [-0.25, -0.2) is 0 Å². The highest BCUT2D eigenvalue weighted by atomic mass is 16.3. The van der Waals surface area contributed by atoms with E-state index in [4.69, 9.17) is 0 Å². The van der Waals surface area contributed by atoms with Gasteiger partial charge >= 0.3 is 0 Å². The number of hydrogen-bond donors (Lipinski definition) is 1. The number of likely N-dealkylation sites (tertiary alicyclic amines) is 1. The molecule has 104 valence electrons. The van der Waals surface area contributed by atoms with Gasteiger partial charge in [-0.15, -0.1) is 0 Å². The van der Waals surface area contributed by atoms with Crippen molar-refractivity contribution in [1.82, 2.24) is 4.90 Å². The monoisotopic (exact) mass is 251 g/mol. The SMILES string of the molecule is CC(C)C1CCC(O)CC1N1CCC2(CC1)CC2. The van der Waals surface area contributed by atoms with Gasteiger partial charge in [0.2, 0.25) is 0 Å².